The number of ether oxygens (including phenoxy) is 1. The van der Waals surface area contributed by atoms with Gasteiger partial charge in [0, 0.05) is 17.7 Å². The summed E-state index contributed by atoms with van der Waals surface area (Å²) >= 11 is 0. The van der Waals surface area contributed by atoms with E-state index in [1.807, 2.05) is 31.2 Å². The lowest BCUT2D eigenvalue weighted by molar-refractivity contribution is -0.384. The summed E-state index contributed by atoms with van der Waals surface area (Å²) in [6.07, 6.45) is 3.30. The smallest absolute Gasteiger partial charge is 0.343 e. The Morgan fingerprint density at radius 2 is 1.81 bits per heavy atom. The number of hydrogen-bond acceptors (Lipinski definition) is 4. The molecular weight excluding hydrogens is 330 g/mol. The van der Waals surface area contributed by atoms with Crippen molar-refractivity contribution in [1.82, 2.24) is 0 Å². The molecule has 1 heterocycles. The van der Waals surface area contributed by atoms with Crippen LogP contribution in [0.4, 0.5) is 5.69 Å². The first-order valence-electron chi connectivity index (χ1n) is 8.36. The second-order valence-electron chi connectivity index (χ2n) is 6.57. The van der Waals surface area contributed by atoms with Crippen LogP contribution in [0.25, 0.3) is 11.8 Å². The number of hydrogen-bond donors (Lipinski definition) is 0. The number of nitro groups is 1. The number of benzene rings is 2. The van der Waals surface area contributed by atoms with Crippen molar-refractivity contribution in [2.45, 2.75) is 26.7 Å². The number of aryl methyl sites for hydroxylation is 1. The first-order chi connectivity index (χ1) is 12.3. The van der Waals surface area contributed by atoms with Crippen molar-refractivity contribution in [3.8, 4) is 0 Å². The van der Waals surface area contributed by atoms with Crippen LogP contribution in [-0.4, -0.2) is 10.9 Å². The number of carbonyl (C=O) groups is 1. The number of cyclic esters (lactones) is 1. The molecule has 2 aromatic rings. The van der Waals surface area contributed by atoms with Gasteiger partial charge in [-0.05, 0) is 41.7 Å². The summed E-state index contributed by atoms with van der Waals surface area (Å²) in [4.78, 5) is 22.7. The van der Waals surface area contributed by atoms with Gasteiger partial charge in [0.05, 0.1) is 10.5 Å². The molecule has 132 valence electrons. The van der Waals surface area contributed by atoms with E-state index in [1.165, 1.54) is 17.7 Å². The van der Waals surface area contributed by atoms with E-state index in [9.17, 15) is 14.9 Å². The minimum absolute atomic E-state index is 0.0118. The van der Waals surface area contributed by atoms with Crippen LogP contribution in [0.5, 0.6) is 0 Å². The van der Waals surface area contributed by atoms with Gasteiger partial charge < -0.3 is 4.74 Å². The summed E-state index contributed by atoms with van der Waals surface area (Å²) in [5.74, 6) is 0.454. The first-order valence-corrected chi connectivity index (χ1v) is 8.36. The summed E-state index contributed by atoms with van der Waals surface area (Å²) in [7, 11) is 0. The molecule has 5 nitrogen and oxygen atoms in total. The molecule has 0 amide bonds. The third-order valence-corrected chi connectivity index (χ3v) is 4.37. The Morgan fingerprint density at radius 3 is 2.42 bits per heavy atom. The monoisotopic (exact) mass is 349 g/mol. The minimum Gasteiger partial charge on any atom is -0.422 e. The first kappa shape index (κ1) is 17.6. The quantitative estimate of drug-likeness (QED) is 0.337. The Labute approximate surface area is 151 Å². The van der Waals surface area contributed by atoms with E-state index < -0.39 is 10.9 Å². The fourth-order valence-electron chi connectivity index (χ4n) is 2.73. The minimum atomic E-state index is -0.459. The van der Waals surface area contributed by atoms with Gasteiger partial charge in [-0.3, -0.25) is 10.1 Å². The van der Waals surface area contributed by atoms with Crippen LogP contribution in [-0.2, 0) is 9.53 Å². The van der Waals surface area contributed by atoms with E-state index in [4.69, 9.17) is 4.74 Å². The van der Waals surface area contributed by atoms with Crippen LogP contribution < -0.4 is 0 Å². The molecule has 0 N–H and O–H groups in total. The van der Waals surface area contributed by atoms with Gasteiger partial charge in [0.25, 0.3) is 5.69 Å². The second-order valence-corrected chi connectivity index (χ2v) is 6.57. The van der Waals surface area contributed by atoms with Gasteiger partial charge in [-0.2, -0.15) is 0 Å². The molecule has 5 heteroatoms. The molecule has 0 saturated heterocycles. The topological polar surface area (TPSA) is 69.4 Å². The van der Waals surface area contributed by atoms with E-state index in [-0.39, 0.29) is 5.69 Å². The summed E-state index contributed by atoms with van der Waals surface area (Å²) < 4.78 is 5.37. The molecule has 0 atom stereocenters. The number of esters is 1. The van der Waals surface area contributed by atoms with Crippen molar-refractivity contribution in [2.75, 3.05) is 0 Å². The maximum atomic E-state index is 12.2. The molecule has 0 radical (unpaired) electrons. The molecule has 0 spiro atoms. The Balaban J connectivity index is 1.94. The molecule has 0 saturated carbocycles. The highest BCUT2D eigenvalue weighted by Gasteiger charge is 2.22. The van der Waals surface area contributed by atoms with Gasteiger partial charge in [-0.1, -0.05) is 44.2 Å². The lowest BCUT2D eigenvalue weighted by Crippen LogP contribution is -1.98. The SMILES string of the molecule is Cc1ccc([N+](=O)[O-])cc1/C=C1/C=C(c2ccc(C(C)C)cc2)OC1=O. The molecule has 26 heavy (non-hydrogen) atoms. The average molecular weight is 349 g/mol. The summed E-state index contributed by atoms with van der Waals surface area (Å²) in [6.45, 7) is 6.07. The standard InChI is InChI=1S/C21H19NO4/c1-13(2)15-5-7-16(8-6-15)20-12-18(21(23)26-20)10-17-11-19(22(24)25)9-4-14(17)3/h4-13H,1-3H3/b18-10-. The number of nitro benzene ring substituents is 1. The predicted molar refractivity (Wildman–Crippen MR) is 100 cm³/mol. The Hall–Kier alpha value is -3.21. The van der Waals surface area contributed by atoms with Crippen LogP contribution in [0, 0.1) is 17.0 Å². The van der Waals surface area contributed by atoms with Gasteiger partial charge in [-0.15, -0.1) is 0 Å². The predicted octanol–water partition coefficient (Wildman–Crippen LogP) is 5.01. The molecule has 0 aliphatic carbocycles. The van der Waals surface area contributed by atoms with E-state index in [2.05, 4.69) is 13.8 Å². The Morgan fingerprint density at radius 1 is 1.12 bits per heavy atom. The van der Waals surface area contributed by atoms with Crippen molar-refractivity contribution >= 4 is 23.5 Å². The van der Waals surface area contributed by atoms with Crippen molar-refractivity contribution in [3.05, 3.63) is 86.5 Å². The zero-order valence-electron chi connectivity index (χ0n) is 14.9. The maximum Gasteiger partial charge on any atom is 0.343 e. The second kappa shape index (κ2) is 6.96. The number of carbonyl (C=O) groups excluding carboxylic acids is 1. The van der Waals surface area contributed by atoms with Gasteiger partial charge >= 0.3 is 5.97 Å². The highest BCUT2D eigenvalue weighted by Crippen LogP contribution is 2.29. The molecule has 0 fully saturated rings. The van der Waals surface area contributed by atoms with Crippen LogP contribution in [0.2, 0.25) is 0 Å². The molecule has 3 rings (SSSR count). The number of rotatable bonds is 4. The number of non-ortho nitro benzene ring substituents is 1. The van der Waals surface area contributed by atoms with Crippen LogP contribution in [0.3, 0.4) is 0 Å². The lowest BCUT2D eigenvalue weighted by Gasteiger charge is -2.06. The number of nitrogens with zero attached hydrogens (tertiary/aromatic N) is 1. The molecule has 0 bridgehead atoms. The fourth-order valence-corrected chi connectivity index (χ4v) is 2.73. The van der Waals surface area contributed by atoms with Gasteiger partial charge in [0.15, 0.2) is 0 Å². The summed E-state index contributed by atoms with van der Waals surface area (Å²) in [5.41, 5.74) is 3.86. The van der Waals surface area contributed by atoms with Crippen LogP contribution in [0.15, 0.2) is 54.1 Å². The van der Waals surface area contributed by atoms with Crippen molar-refractivity contribution in [2.24, 2.45) is 0 Å². The van der Waals surface area contributed by atoms with E-state index >= 15 is 0 Å². The molecule has 2 aromatic carbocycles. The van der Waals surface area contributed by atoms with Crippen molar-refractivity contribution in [3.63, 3.8) is 0 Å². The van der Waals surface area contributed by atoms with Gasteiger partial charge in [-0.25, -0.2) is 4.79 Å². The molecule has 0 aromatic heterocycles. The third kappa shape index (κ3) is 3.57. The fraction of sp³-hybridized carbons (Fsp3) is 0.190. The van der Waals surface area contributed by atoms with E-state index in [0.717, 1.165) is 11.1 Å². The molecule has 1 aliphatic heterocycles. The lowest BCUT2D eigenvalue weighted by atomic mass is 10.0. The van der Waals surface area contributed by atoms with Crippen LogP contribution in [0.1, 0.15) is 42.0 Å². The van der Waals surface area contributed by atoms with Crippen molar-refractivity contribution in [1.29, 1.82) is 0 Å². The summed E-state index contributed by atoms with van der Waals surface area (Å²) in [6, 6.07) is 12.5. The molecular formula is C21H19NO4. The van der Waals surface area contributed by atoms with Gasteiger partial charge in [0.1, 0.15) is 5.76 Å². The highest BCUT2D eigenvalue weighted by atomic mass is 16.6. The van der Waals surface area contributed by atoms with Crippen LogP contribution >= 0.6 is 0 Å². The normalized spacial score (nSPS) is 15.3. The summed E-state index contributed by atoms with van der Waals surface area (Å²) in [5, 5.41) is 11.0. The van der Waals surface area contributed by atoms with Gasteiger partial charge in [0.2, 0.25) is 0 Å². The molecule has 1 aliphatic rings. The average Bonchev–Trinajstić information content (AvgIpc) is 2.97. The maximum absolute atomic E-state index is 12.2. The highest BCUT2D eigenvalue weighted by molar-refractivity contribution is 6.05. The Bertz CT molecular complexity index is 937. The van der Waals surface area contributed by atoms with Crippen molar-refractivity contribution < 1.29 is 14.5 Å². The largest absolute Gasteiger partial charge is 0.422 e. The Kier molecular flexibility index (Phi) is 4.71. The zero-order valence-corrected chi connectivity index (χ0v) is 14.9. The molecule has 0 unspecified atom stereocenters. The van der Waals surface area contributed by atoms with E-state index in [0.29, 0.717) is 22.8 Å². The van der Waals surface area contributed by atoms with E-state index in [1.54, 1.807) is 18.2 Å². The third-order valence-electron chi connectivity index (χ3n) is 4.37. The zero-order chi connectivity index (χ0) is 18.8.